The highest BCUT2D eigenvalue weighted by Gasteiger charge is 2.23. The number of fused-ring (bicyclic) bond motifs is 1. The molecule has 1 aliphatic rings. The molecular formula is C15H14N4O3. The van der Waals surface area contributed by atoms with E-state index in [2.05, 4.69) is 10.3 Å². The van der Waals surface area contributed by atoms with E-state index in [0.29, 0.717) is 17.9 Å². The van der Waals surface area contributed by atoms with Crippen LogP contribution in [0.4, 0.5) is 22.9 Å². The molecule has 7 heteroatoms. The summed E-state index contributed by atoms with van der Waals surface area (Å²) in [7, 11) is 1.75. The minimum Gasteiger partial charge on any atom is -0.340 e. The Balaban J connectivity index is 1.86. The van der Waals surface area contributed by atoms with Gasteiger partial charge in [0, 0.05) is 24.5 Å². The summed E-state index contributed by atoms with van der Waals surface area (Å²) in [5.41, 5.74) is 3.00. The Hall–Kier alpha value is -2.96. The normalized spacial score (nSPS) is 13.2. The second kappa shape index (κ2) is 5.10. The number of carbonyl (C=O) groups excluding carboxylic acids is 1. The summed E-state index contributed by atoms with van der Waals surface area (Å²) >= 11 is 0. The molecule has 0 spiro atoms. The minimum atomic E-state index is -0.455. The van der Waals surface area contributed by atoms with E-state index in [1.54, 1.807) is 24.9 Å². The van der Waals surface area contributed by atoms with Crippen molar-refractivity contribution in [3.8, 4) is 0 Å². The predicted molar refractivity (Wildman–Crippen MR) is 82.5 cm³/mol. The van der Waals surface area contributed by atoms with E-state index < -0.39 is 4.92 Å². The summed E-state index contributed by atoms with van der Waals surface area (Å²) in [6.07, 6.45) is 0.383. The summed E-state index contributed by atoms with van der Waals surface area (Å²) < 4.78 is 0. The maximum absolute atomic E-state index is 11.7. The van der Waals surface area contributed by atoms with Crippen LogP contribution in [0.2, 0.25) is 0 Å². The van der Waals surface area contributed by atoms with Crippen molar-refractivity contribution in [2.75, 3.05) is 17.3 Å². The molecule has 0 fully saturated rings. The second-order valence-corrected chi connectivity index (χ2v) is 5.16. The van der Waals surface area contributed by atoms with Gasteiger partial charge in [-0.05, 0) is 36.8 Å². The number of nitrogens with zero attached hydrogens (tertiary/aromatic N) is 3. The first-order valence-electron chi connectivity index (χ1n) is 6.74. The summed E-state index contributed by atoms with van der Waals surface area (Å²) in [6, 6.07) is 8.62. The highest BCUT2D eigenvalue weighted by Crippen LogP contribution is 2.31. The molecule has 1 aromatic carbocycles. The van der Waals surface area contributed by atoms with Gasteiger partial charge in [0.1, 0.15) is 11.5 Å². The van der Waals surface area contributed by atoms with Crippen LogP contribution >= 0.6 is 0 Å². The molecule has 1 aromatic heterocycles. The highest BCUT2D eigenvalue weighted by atomic mass is 16.6. The van der Waals surface area contributed by atoms with Crippen LogP contribution in [0, 0.1) is 17.0 Å². The van der Waals surface area contributed by atoms with Crippen molar-refractivity contribution in [3.05, 3.63) is 51.7 Å². The smallest absolute Gasteiger partial charge is 0.290 e. The van der Waals surface area contributed by atoms with Crippen LogP contribution in [0.25, 0.3) is 0 Å². The summed E-state index contributed by atoms with van der Waals surface area (Å²) in [5, 5.41) is 13.9. The van der Waals surface area contributed by atoms with Crippen LogP contribution in [0.15, 0.2) is 30.3 Å². The first-order valence-corrected chi connectivity index (χ1v) is 6.74. The quantitative estimate of drug-likeness (QED) is 0.695. The summed E-state index contributed by atoms with van der Waals surface area (Å²) in [6.45, 7) is 1.60. The summed E-state index contributed by atoms with van der Waals surface area (Å²) in [4.78, 5) is 27.8. The molecular weight excluding hydrogens is 284 g/mol. The maximum atomic E-state index is 11.7. The number of amides is 1. The standard InChI is InChI=1S/C15H14N4O3/c1-9-12(19(21)22)5-6-14(16-9)17-11-3-4-13-10(7-11)8-15(20)18(13)2/h3-7H,8H2,1-2H3,(H,16,17). The van der Waals surface area contributed by atoms with Gasteiger partial charge in [0.05, 0.1) is 11.3 Å². The number of carbonyl (C=O) groups is 1. The third-order valence-corrected chi connectivity index (χ3v) is 3.68. The van der Waals surface area contributed by atoms with E-state index in [9.17, 15) is 14.9 Å². The molecule has 1 amide bonds. The van der Waals surface area contributed by atoms with Crippen molar-refractivity contribution < 1.29 is 9.72 Å². The van der Waals surface area contributed by atoms with Crippen LogP contribution in [0.3, 0.4) is 0 Å². The van der Waals surface area contributed by atoms with Crippen molar-refractivity contribution in [1.29, 1.82) is 0 Å². The third kappa shape index (κ3) is 2.37. The number of anilines is 3. The molecule has 0 saturated heterocycles. The molecule has 0 aliphatic carbocycles. The Bertz CT molecular complexity index is 788. The van der Waals surface area contributed by atoms with Crippen molar-refractivity contribution in [2.45, 2.75) is 13.3 Å². The molecule has 2 heterocycles. The SMILES string of the molecule is Cc1nc(Nc2ccc3c(c2)CC(=O)N3C)ccc1[N+](=O)[O-]. The lowest BCUT2D eigenvalue weighted by molar-refractivity contribution is -0.385. The van der Waals surface area contributed by atoms with Crippen LogP contribution in [0.1, 0.15) is 11.3 Å². The second-order valence-electron chi connectivity index (χ2n) is 5.16. The fourth-order valence-electron chi connectivity index (χ4n) is 2.51. The molecule has 0 radical (unpaired) electrons. The predicted octanol–water partition coefficient (Wildman–Crippen LogP) is 2.56. The van der Waals surface area contributed by atoms with Gasteiger partial charge in [-0.15, -0.1) is 0 Å². The lowest BCUT2D eigenvalue weighted by Crippen LogP contribution is -2.20. The van der Waals surface area contributed by atoms with Crippen molar-refractivity contribution in [3.63, 3.8) is 0 Å². The lowest BCUT2D eigenvalue weighted by Gasteiger charge is -2.11. The first-order chi connectivity index (χ1) is 10.5. The molecule has 7 nitrogen and oxygen atoms in total. The molecule has 22 heavy (non-hydrogen) atoms. The van der Waals surface area contributed by atoms with Gasteiger partial charge in [0.25, 0.3) is 5.69 Å². The maximum Gasteiger partial charge on any atom is 0.290 e. The van der Waals surface area contributed by atoms with Gasteiger partial charge < -0.3 is 10.2 Å². The average molecular weight is 298 g/mol. The number of likely N-dealkylation sites (N-methyl/N-ethyl adjacent to an activating group) is 1. The zero-order valence-corrected chi connectivity index (χ0v) is 12.2. The van der Waals surface area contributed by atoms with Crippen LogP contribution in [-0.2, 0) is 11.2 Å². The molecule has 1 N–H and O–H groups in total. The molecule has 1 aliphatic heterocycles. The molecule has 0 unspecified atom stereocenters. The Kier molecular flexibility index (Phi) is 3.25. The van der Waals surface area contributed by atoms with Gasteiger partial charge in [0.15, 0.2) is 0 Å². The molecule has 2 aromatic rings. The van der Waals surface area contributed by atoms with E-state index in [1.807, 2.05) is 18.2 Å². The van der Waals surface area contributed by atoms with Gasteiger partial charge >= 0.3 is 0 Å². The van der Waals surface area contributed by atoms with Crippen molar-refractivity contribution >= 4 is 28.8 Å². The number of hydrogen-bond donors (Lipinski definition) is 1. The minimum absolute atomic E-state index is 0.00766. The fourth-order valence-corrected chi connectivity index (χ4v) is 2.51. The Labute approximate surface area is 126 Å². The van der Waals surface area contributed by atoms with E-state index in [1.165, 1.54) is 6.07 Å². The third-order valence-electron chi connectivity index (χ3n) is 3.68. The zero-order valence-electron chi connectivity index (χ0n) is 12.2. The van der Waals surface area contributed by atoms with Crippen LogP contribution < -0.4 is 10.2 Å². The first kappa shape index (κ1) is 14.0. The number of aromatic nitrogens is 1. The van der Waals surface area contributed by atoms with Gasteiger partial charge in [-0.1, -0.05) is 0 Å². The van der Waals surface area contributed by atoms with Crippen LogP contribution in [-0.4, -0.2) is 22.9 Å². The molecule has 0 atom stereocenters. The van der Waals surface area contributed by atoms with E-state index in [4.69, 9.17) is 0 Å². The van der Waals surface area contributed by atoms with E-state index in [-0.39, 0.29) is 11.6 Å². The number of benzene rings is 1. The Morgan fingerprint density at radius 1 is 1.32 bits per heavy atom. The van der Waals surface area contributed by atoms with Gasteiger partial charge in [0.2, 0.25) is 5.91 Å². The van der Waals surface area contributed by atoms with Gasteiger partial charge in [-0.3, -0.25) is 14.9 Å². The Morgan fingerprint density at radius 2 is 2.09 bits per heavy atom. The Morgan fingerprint density at radius 3 is 2.77 bits per heavy atom. The number of nitrogens with one attached hydrogen (secondary N) is 1. The van der Waals surface area contributed by atoms with Gasteiger partial charge in [-0.25, -0.2) is 4.98 Å². The topological polar surface area (TPSA) is 88.4 Å². The van der Waals surface area contributed by atoms with Crippen LogP contribution in [0.5, 0.6) is 0 Å². The van der Waals surface area contributed by atoms with Crippen molar-refractivity contribution in [2.24, 2.45) is 0 Å². The molecule has 0 bridgehead atoms. The molecule has 0 saturated carbocycles. The number of aryl methyl sites for hydroxylation is 1. The average Bonchev–Trinajstić information content (AvgIpc) is 2.73. The number of hydrogen-bond acceptors (Lipinski definition) is 5. The van der Waals surface area contributed by atoms with Crippen molar-refractivity contribution in [1.82, 2.24) is 4.98 Å². The fraction of sp³-hybridized carbons (Fsp3) is 0.200. The lowest BCUT2D eigenvalue weighted by atomic mass is 10.1. The number of rotatable bonds is 3. The summed E-state index contributed by atoms with van der Waals surface area (Å²) in [5.74, 6) is 0.595. The number of pyridine rings is 1. The zero-order chi connectivity index (χ0) is 15.9. The number of nitro groups is 1. The van der Waals surface area contributed by atoms with E-state index in [0.717, 1.165) is 16.9 Å². The highest BCUT2D eigenvalue weighted by molar-refractivity contribution is 6.01. The van der Waals surface area contributed by atoms with E-state index >= 15 is 0 Å². The molecule has 112 valence electrons. The van der Waals surface area contributed by atoms with Gasteiger partial charge in [-0.2, -0.15) is 0 Å². The monoisotopic (exact) mass is 298 g/mol. The largest absolute Gasteiger partial charge is 0.340 e. The molecule has 3 rings (SSSR count).